The van der Waals surface area contributed by atoms with Crippen molar-refractivity contribution in [2.45, 2.75) is 51.6 Å². The van der Waals surface area contributed by atoms with Gasteiger partial charge in [0.2, 0.25) is 0 Å². The average molecular weight is 300 g/mol. The van der Waals surface area contributed by atoms with Gasteiger partial charge in [-0.2, -0.15) is 0 Å². The summed E-state index contributed by atoms with van der Waals surface area (Å²) in [7, 11) is 0. The Hall–Kier alpha value is -1.19. The third-order valence-electron chi connectivity index (χ3n) is 4.61. The van der Waals surface area contributed by atoms with E-state index in [1.165, 1.54) is 48.2 Å². The molecule has 2 aromatic rings. The van der Waals surface area contributed by atoms with Gasteiger partial charge in [0.1, 0.15) is 0 Å². The van der Waals surface area contributed by atoms with Gasteiger partial charge in [-0.3, -0.25) is 0 Å². The van der Waals surface area contributed by atoms with Gasteiger partial charge >= 0.3 is 0 Å². The molecule has 1 aliphatic rings. The predicted molar refractivity (Wildman–Crippen MR) is 89.4 cm³/mol. The highest BCUT2D eigenvalue weighted by Crippen LogP contribution is 2.34. The largest absolute Gasteiger partial charge is 0.305 e. The van der Waals surface area contributed by atoms with Crippen molar-refractivity contribution in [2.75, 3.05) is 0 Å². The summed E-state index contributed by atoms with van der Waals surface area (Å²) in [6, 6.07) is 11.4. The Balaban J connectivity index is 1.74. The van der Waals surface area contributed by atoms with Crippen LogP contribution in [-0.4, -0.2) is 4.98 Å². The molecule has 1 aliphatic carbocycles. The summed E-state index contributed by atoms with van der Waals surface area (Å²) in [4.78, 5) is 5.73. The van der Waals surface area contributed by atoms with Crippen molar-refractivity contribution in [3.63, 3.8) is 0 Å². The highest BCUT2D eigenvalue weighted by molar-refractivity contribution is 7.09. The van der Waals surface area contributed by atoms with Crippen molar-refractivity contribution in [1.29, 1.82) is 0 Å². The highest BCUT2D eigenvalue weighted by atomic mass is 32.1. The van der Waals surface area contributed by atoms with E-state index in [4.69, 9.17) is 0 Å². The lowest BCUT2D eigenvalue weighted by atomic mass is 9.81. The number of thiazole rings is 1. The number of nitrogens with zero attached hydrogens (tertiary/aromatic N) is 1. The van der Waals surface area contributed by atoms with Crippen molar-refractivity contribution >= 4 is 11.3 Å². The van der Waals surface area contributed by atoms with E-state index in [0.717, 1.165) is 12.5 Å². The van der Waals surface area contributed by atoms with E-state index in [2.05, 4.69) is 47.6 Å². The van der Waals surface area contributed by atoms with E-state index >= 15 is 0 Å². The van der Waals surface area contributed by atoms with Gasteiger partial charge in [-0.15, -0.1) is 11.3 Å². The van der Waals surface area contributed by atoms with Crippen LogP contribution in [0.3, 0.4) is 0 Å². The summed E-state index contributed by atoms with van der Waals surface area (Å²) in [6.45, 7) is 3.04. The van der Waals surface area contributed by atoms with Crippen molar-refractivity contribution in [2.24, 2.45) is 5.92 Å². The first kappa shape index (κ1) is 14.7. The molecule has 0 amide bonds. The molecular weight excluding hydrogens is 276 g/mol. The predicted octanol–water partition coefficient (Wildman–Crippen LogP) is 4.86. The van der Waals surface area contributed by atoms with Crippen LogP contribution in [0.4, 0.5) is 0 Å². The molecule has 1 atom stereocenters. The van der Waals surface area contributed by atoms with Crippen LogP contribution < -0.4 is 5.32 Å². The Morgan fingerprint density at radius 1 is 1.19 bits per heavy atom. The second-order valence-electron chi connectivity index (χ2n) is 6.03. The SMILES string of the molecule is Cc1ncsc1CNC(c1ccccc1)C1CCCCC1. The molecule has 1 fully saturated rings. The fraction of sp³-hybridized carbons (Fsp3) is 0.500. The first-order valence-electron chi connectivity index (χ1n) is 8.02. The summed E-state index contributed by atoms with van der Waals surface area (Å²) in [5.74, 6) is 0.773. The number of hydrogen-bond donors (Lipinski definition) is 1. The van der Waals surface area contributed by atoms with Gasteiger partial charge < -0.3 is 5.32 Å². The van der Waals surface area contributed by atoms with Gasteiger partial charge in [-0.25, -0.2) is 4.98 Å². The second-order valence-corrected chi connectivity index (χ2v) is 6.97. The zero-order valence-electron chi connectivity index (χ0n) is 12.7. The van der Waals surface area contributed by atoms with Gasteiger partial charge in [0.25, 0.3) is 0 Å². The molecular formula is C18H24N2S. The minimum atomic E-state index is 0.480. The van der Waals surface area contributed by atoms with Gasteiger partial charge in [-0.05, 0) is 31.2 Å². The first-order chi connectivity index (χ1) is 10.3. The lowest BCUT2D eigenvalue weighted by Crippen LogP contribution is -2.29. The average Bonchev–Trinajstić information content (AvgIpc) is 2.95. The fourth-order valence-corrected chi connectivity index (χ4v) is 4.11. The molecule has 1 aromatic carbocycles. The molecule has 3 rings (SSSR count). The third-order valence-corrected chi connectivity index (χ3v) is 5.54. The molecule has 0 saturated heterocycles. The smallest absolute Gasteiger partial charge is 0.0798 e. The normalized spacial score (nSPS) is 17.8. The number of rotatable bonds is 5. The molecule has 1 saturated carbocycles. The van der Waals surface area contributed by atoms with Crippen LogP contribution in [0, 0.1) is 12.8 Å². The van der Waals surface area contributed by atoms with Crippen LogP contribution in [0.1, 0.15) is 54.3 Å². The zero-order chi connectivity index (χ0) is 14.5. The van der Waals surface area contributed by atoms with E-state index in [1.807, 2.05) is 5.51 Å². The molecule has 21 heavy (non-hydrogen) atoms. The number of nitrogens with one attached hydrogen (secondary N) is 1. The number of aryl methyl sites for hydroxylation is 1. The highest BCUT2D eigenvalue weighted by Gasteiger charge is 2.24. The summed E-state index contributed by atoms with van der Waals surface area (Å²) in [6.07, 6.45) is 6.89. The molecule has 112 valence electrons. The van der Waals surface area contributed by atoms with Crippen molar-refractivity contribution < 1.29 is 0 Å². The van der Waals surface area contributed by atoms with Crippen LogP contribution in [-0.2, 0) is 6.54 Å². The lowest BCUT2D eigenvalue weighted by molar-refractivity contribution is 0.270. The summed E-state index contributed by atoms with van der Waals surface area (Å²) in [5, 5.41) is 3.82. The van der Waals surface area contributed by atoms with Crippen LogP contribution in [0.5, 0.6) is 0 Å². The standard InChI is InChI=1S/C18H24N2S/c1-14-17(21-13-20-14)12-19-18(15-8-4-2-5-9-15)16-10-6-3-7-11-16/h2,4-5,8-9,13,16,18-19H,3,6-7,10-12H2,1H3. The molecule has 2 nitrogen and oxygen atoms in total. The number of hydrogen-bond acceptors (Lipinski definition) is 3. The molecule has 0 radical (unpaired) electrons. The number of benzene rings is 1. The van der Waals surface area contributed by atoms with Gasteiger partial charge in [-0.1, -0.05) is 49.6 Å². The van der Waals surface area contributed by atoms with Gasteiger partial charge in [0.15, 0.2) is 0 Å². The quantitative estimate of drug-likeness (QED) is 0.852. The Bertz CT molecular complexity index is 543. The number of aromatic nitrogens is 1. The van der Waals surface area contributed by atoms with E-state index in [9.17, 15) is 0 Å². The third kappa shape index (κ3) is 3.72. The maximum Gasteiger partial charge on any atom is 0.0798 e. The summed E-state index contributed by atoms with van der Waals surface area (Å²) < 4.78 is 0. The Kier molecular flexibility index (Phi) is 5.04. The zero-order valence-corrected chi connectivity index (χ0v) is 13.5. The van der Waals surface area contributed by atoms with Crippen LogP contribution >= 0.6 is 11.3 Å². The first-order valence-corrected chi connectivity index (χ1v) is 8.90. The second kappa shape index (κ2) is 7.19. The van der Waals surface area contributed by atoms with Crippen molar-refractivity contribution in [3.8, 4) is 0 Å². The lowest BCUT2D eigenvalue weighted by Gasteiger charge is -2.31. The van der Waals surface area contributed by atoms with Crippen molar-refractivity contribution in [1.82, 2.24) is 10.3 Å². The molecule has 3 heteroatoms. The topological polar surface area (TPSA) is 24.9 Å². The van der Waals surface area contributed by atoms with Crippen LogP contribution in [0.25, 0.3) is 0 Å². The molecule has 0 aliphatic heterocycles. The molecule has 0 spiro atoms. The molecule has 0 bridgehead atoms. The van der Waals surface area contributed by atoms with Crippen LogP contribution in [0.15, 0.2) is 35.8 Å². The van der Waals surface area contributed by atoms with E-state index in [1.54, 1.807) is 11.3 Å². The van der Waals surface area contributed by atoms with Crippen LogP contribution in [0.2, 0.25) is 0 Å². The molecule has 1 heterocycles. The Morgan fingerprint density at radius 3 is 2.62 bits per heavy atom. The summed E-state index contributed by atoms with van der Waals surface area (Å²) in [5.41, 5.74) is 4.55. The van der Waals surface area contributed by atoms with E-state index < -0.39 is 0 Å². The molecule has 1 N–H and O–H groups in total. The van der Waals surface area contributed by atoms with Crippen molar-refractivity contribution in [3.05, 3.63) is 52.0 Å². The minimum Gasteiger partial charge on any atom is -0.305 e. The van der Waals surface area contributed by atoms with Gasteiger partial charge in [0.05, 0.1) is 11.2 Å². The maximum atomic E-state index is 4.36. The van der Waals surface area contributed by atoms with E-state index in [-0.39, 0.29) is 0 Å². The minimum absolute atomic E-state index is 0.480. The van der Waals surface area contributed by atoms with Gasteiger partial charge in [0, 0.05) is 17.5 Å². The Morgan fingerprint density at radius 2 is 1.95 bits per heavy atom. The maximum absolute atomic E-state index is 4.36. The monoisotopic (exact) mass is 300 g/mol. The summed E-state index contributed by atoms with van der Waals surface area (Å²) >= 11 is 1.76. The molecule has 1 aromatic heterocycles. The van der Waals surface area contributed by atoms with E-state index in [0.29, 0.717) is 6.04 Å². The Labute approximate surface area is 131 Å². The fourth-order valence-electron chi connectivity index (χ4n) is 3.38. The molecule has 1 unspecified atom stereocenters.